The fourth-order valence-corrected chi connectivity index (χ4v) is 5.27. The molecule has 0 spiro atoms. The number of hydrogen-bond acceptors (Lipinski definition) is 3. The summed E-state index contributed by atoms with van der Waals surface area (Å²) in [5.41, 5.74) is 6.34. The Morgan fingerprint density at radius 1 is 0.750 bits per heavy atom. The summed E-state index contributed by atoms with van der Waals surface area (Å²) in [5.74, 6) is 0.195. The van der Waals surface area contributed by atoms with Gasteiger partial charge >= 0.3 is 0 Å². The number of pyridine rings is 1. The van der Waals surface area contributed by atoms with Gasteiger partial charge in [-0.3, -0.25) is 4.79 Å². The summed E-state index contributed by atoms with van der Waals surface area (Å²) in [6, 6.07) is 23.5. The third kappa shape index (κ3) is 7.30. The second-order valence-corrected chi connectivity index (χ2v) is 13.3. The van der Waals surface area contributed by atoms with Crippen molar-refractivity contribution in [1.29, 1.82) is 0 Å². The number of rotatable bonds is 6. The van der Waals surface area contributed by atoms with Crippen molar-refractivity contribution < 1.29 is 30.0 Å². The van der Waals surface area contributed by atoms with Crippen LogP contribution in [0.5, 0.6) is 0 Å². The number of hydrogen-bond donors (Lipinski definition) is 1. The standard InChI is InChI=1S/C27H22N.C13H24O2.Ir/c1-16-5-7-21-23-9-10-28-27(20-12-18(3)11-19(4)13-20)26(23)22-8-6-17(2)15-25(22)24(21)14-16;1-7-12(3,4)10(14)9-11(15)13(5,6)8-2;/h5-12,14-15H,1-4H3;9,14H,7-8H2,1-6H3;/q-1;;/b;10-9-;. The van der Waals surface area contributed by atoms with Gasteiger partial charge in [-0.25, -0.2) is 0 Å². The minimum atomic E-state index is -0.377. The molecule has 1 radical (unpaired) electrons. The van der Waals surface area contributed by atoms with E-state index in [1.54, 1.807) is 0 Å². The van der Waals surface area contributed by atoms with Crippen LogP contribution in [0, 0.1) is 44.6 Å². The summed E-state index contributed by atoms with van der Waals surface area (Å²) < 4.78 is 0. The molecule has 0 unspecified atom stereocenters. The zero-order valence-electron chi connectivity index (χ0n) is 27.9. The molecule has 1 heterocycles. The number of carbonyl (C=O) groups excluding carboxylic acids is 1. The fourth-order valence-electron chi connectivity index (χ4n) is 5.27. The fraction of sp³-hybridized carbons (Fsp3) is 0.350. The van der Waals surface area contributed by atoms with Crippen molar-refractivity contribution in [3.63, 3.8) is 0 Å². The van der Waals surface area contributed by atoms with Crippen LogP contribution in [0.15, 0.2) is 72.6 Å². The molecule has 4 aromatic carbocycles. The minimum Gasteiger partial charge on any atom is -0.512 e. The van der Waals surface area contributed by atoms with Crippen molar-refractivity contribution in [1.82, 2.24) is 4.98 Å². The summed E-state index contributed by atoms with van der Waals surface area (Å²) in [6.07, 6.45) is 4.92. The zero-order valence-corrected chi connectivity index (χ0v) is 30.3. The Hall–Kier alpha value is -3.33. The molecule has 233 valence electrons. The molecule has 0 aliphatic carbocycles. The summed E-state index contributed by atoms with van der Waals surface area (Å²) in [7, 11) is 0. The molecule has 44 heavy (non-hydrogen) atoms. The normalized spacial score (nSPS) is 12.2. The van der Waals surface area contributed by atoms with Crippen LogP contribution in [-0.2, 0) is 24.9 Å². The average molecular weight is 765 g/mol. The zero-order chi connectivity index (χ0) is 31.7. The molecule has 1 N–H and O–H groups in total. The molecule has 0 fully saturated rings. The predicted octanol–water partition coefficient (Wildman–Crippen LogP) is 11.1. The first-order valence-corrected chi connectivity index (χ1v) is 15.4. The Kier molecular flexibility index (Phi) is 11.0. The number of aromatic nitrogens is 1. The van der Waals surface area contributed by atoms with E-state index in [0.29, 0.717) is 0 Å². The quantitative estimate of drug-likeness (QED) is 0.0811. The van der Waals surface area contributed by atoms with Crippen LogP contribution in [0.3, 0.4) is 0 Å². The van der Waals surface area contributed by atoms with Crippen LogP contribution < -0.4 is 0 Å². The topological polar surface area (TPSA) is 50.2 Å². The molecule has 0 saturated heterocycles. The van der Waals surface area contributed by atoms with E-state index in [4.69, 9.17) is 4.98 Å². The van der Waals surface area contributed by atoms with E-state index in [1.165, 1.54) is 55.1 Å². The van der Waals surface area contributed by atoms with Crippen LogP contribution >= 0.6 is 0 Å². The maximum absolute atomic E-state index is 11.8. The van der Waals surface area contributed by atoms with E-state index in [-0.39, 0.29) is 42.5 Å². The molecule has 4 heteroatoms. The first kappa shape index (κ1) is 35.2. The number of nitrogens with zero attached hydrogens (tertiary/aromatic N) is 1. The molecule has 0 amide bonds. The van der Waals surface area contributed by atoms with Crippen LogP contribution in [0.2, 0.25) is 0 Å². The van der Waals surface area contributed by atoms with E-state index in [2.05, 4.69) is 88.4 Å². The Bertz CT molecular complexity index is 1840. The van der Waals surface area contributed by atoms with Gasteiger partial charge in [-0.1, -0.05) is 103 Å². The second-order valence-electron chi connectivity index (χ2n) is 13.3. The molecule has 5 aromatic rings. The van der Waals surface area contributed by atoms with Crippen LogP contribution in [0.25, 0.3) is 43.6 Å². The van der Waals surface area contributed by atoms with E-state index >= 15 is 0 Å². The van der Waals surface area contributed by atoms with Gasteiger partial charge in [0.2, 0.25) is 0 Å². The Labute approximate surface area is 277 Å². The van der Waals surface area contributed by atoms with Crippen molar-refractivity contribution in [2.75, 3.05) is 0 Å². The first-order chi connectivity index (χ1) is 20.2. The van der Waals surface area contributed by atoms with Crippen molar-refractivity contribution in [3.05, 3.63) is 101 Å². The summed E-state index contributed by atoms with van der Waals surface area (Å²) in [4.78, 5) is 16.7. The number of allylic oxidation sites excluding steroid dienone is 2. The molecule has 5 rings (SSSR count). The largest absolute Gasteiger partial charge is 0.512 e. The van der Waals surface area contributed by atoms with Gasteiger partial charge in [0.15, 0.2) is 5.78 Å². The Morgan fingerprint density at radius 2 is 1.30 bits per heavy atom. The van der Waals surface area contributed by atoms with Crippen molar-refractivity contribution in [3.8, 4) is 11.3 Å². The number of carbonyl (C=O) groups is 1. The summed E-state index contributed by atoms with van der Waals surface area (Å²) in [5, 5.41) is 17.5. The van der Waals surface area contributed by atoms with Crippen LogP contribution in [0.4, 0.5) is 0 Å². The van der Waals surface area contributed by atoms with E-state index in [9.17, 15) is 9.90 Å². The number of ketones is 1. The third-order valence-electron chi connectivity index (χ3n) is 8.95. The van der Waals surface area contributed by atoms with Crippen molar-refractivity contribution in [2.24, 2.45) is 10.8 Å². The van der Waals surface area contributed by atoms with Gasteiger partial charge in [0.25, 0.3) is 0 Å². The second kappa shape index (κ2) is 13.8. The Morgan fingerprint density at radius 3 is 1.86 bits per heavy atom. The van der Waals surface area contributed by atoms with Crippen molar-refractivity contribution in [2.45, 2.75) is 82.1 Å². The molecular formula is C40H46IrNO2-. The average Bonchev–Trinajstić information content (AvgIpc) is 2.96. The van der Waals surface area contributed by atoms with E-state index in [1.807, 2.05) is 47.7 Å². The third-order valence-corrected chi connectivity index (χ3v) is 8.95. The SMILES string of the molecule is CCC(C)(C)C(=O)/C=C(\O)C(C)(C)CC.Cc1[c-]c(-c2nccc3c4ccc(C)cc4c4cc(C)ccc4c23)cc(C)c1.[Ir]. The molecule has 3 nitrogen and oxygen atoms in total. The smallest absolute Gasteiger partial charge is 0.164 e. The molecule has 0 aliphatic rings. The maximum atomic E-state index is 11.8. The van der Waals surface area contributed by atoms with Crippen LogP contribution in [-0.4, -0.2) is 15.9 Å². The van der Waals surface area contributed by atoms with Gasteiger partial charge in [0, 0.05) is 43.2 Å². The van der Waals surface area contributed by atoms with Gasteiger partial charge in [0.05, 0.1) is 0 Å². The van der Waals surface area contributed by atoms with Gasteiger partial charge in [-0.05, 0) is 70.8 Å². The number of fused-ring (bicyclic) bond motifs is 6. The molecule has 0 saturated carbocycles. The molecule has 0 bridgehead atoms. The van der Waals surface area contributed by atoms with Crippen LogP contribution in [0.1, 0.15) is 76.6 Å². The predicted molar refractivity (Wildman–Crippen MR) is 184 cm³/mol. The molecule has 0 atom stereocenters. The molecule has 1 aromatic heterocycles. The maximum Gasteiger partial charge on any atom is 0.164 e. The molecular weight excluding hydrogens is 719 g/mol. The van der Waals surface area contributed by atoms with Gasteiger partial charge in [0.1, 0.15) is 5.76 Å². The molecule has 0 aliphatic heterocycles. The first-order valence-electron chi connectivity index (χ1n) is 15.4. The minimum absolute atomic E-state index is 0. The Balaban J connectivity index is 0.000000286. The number of aryl methyl sites for hydroxylation is 4. The van der Waals surface area contributed by atoms with Gasteiger partial charge < -0.3 is 10.1 Å². The summed E-state index contributed by atoms with van der Waals surface area (Å²) >= 11 is 0. The van der Waals surface area contributed by atoms with Gasteiger partial charge in [-0.15, -0.1) is 34.9 Å². The van der Waals surface area contributed by atoms with Crippen molar-refractivity contribution >= 4 is 38.1 Å². The number of benzene rings is 4. The van der Waals surface area contributed by atoms with E-state index < -0.39 is 0 Å². The van der Waals surface area contributed by atoms with Gasteiger partial charge in [-0.2, -0.15) is 0 Å². The monoisotopic (exact) mass is 765 g/mol. The summed E-state index contributed by atoms with van der Waals surface area (Å²) in [6.45, 7) is 20.2. The van der Waals surface area contributed by atoms with E-state index in [0.717, 1.165) is 29.7 Å². The number of aliphatic hydroxyl groups is 1. The number of aliphatic hydroxyl groups excluding tert-OH is 1.